The van der Waals surface area contributed by atoms with Crippen molar-refractivity contribution in [2.24, 2.45) is 0 Å². The molecule has 0 amide bonds. The van der Waals surface area contributed by atoms with E-state index in [2.05, 4.69) is 217 Å². The molecule has 0 N–H and O–H groups in total. The second kappa shape index (κ2) is 14.1. The smallest absolute Gasteiger partial charge is 0.135 e. The van der Waals surface area contributed by atoms with Gasteiger partial charge in [0, 0.05) is 27.6 Å². The first kappa shape index (κ1) is 33.6. The minimum absolute atomic E-state index is 0.888. The second-order valence-corrected chi connectivity index (χ2v) is 14.9. The zero-order chi connectivity index (χ0) is 38.4. The van der Waals surface area contributed by atoms with Crippen molar-refractivity contribution in [2.45, 2.75) is 0 Å². The van der Waals surface area contributed by atoms with Gasteiger partial charge in [0.1, 0.15) is 11.2 Å². The fourth-order valence-corrected chi connectivity index (χ4v) is 8.71. The Kier molecular flexibility index (Phi) is 8.19. The molecule has 0 spiro atoms. The van der Waals surface area contributed by atoms with Crippen LogP contribution in [0.15, 0.2) is 229 Å². The number of rotatable bonds is 7. The van der Waals surface area contributed by atoms with Crippen molar-refractivity contribution in [3.8, 4) is 44.5 Å². The molecule has 0 radical (unpaired) electrons. The highest BCUT2D eigenvalue weighted by Gasteiger charge is 2.22. The van der Waals surface area contributed by atoms with Gasteiger partial charge < -0.3 is 9.32 Å². The van der Waals surface area contributed by atoms with Crippen molar-refractivity contribution in [1.82, 2.24) is 0 Å². The minimum atomic E-state index is 0.888. The summed E-state index contributed by atoms with van der Waals surface area (Å²) in [5.74, 6) is 0. The van der Waals surface area contributed by atoms with Crippen molar-refractivity contribution in [1.29, 1.82) is 0 Å². The molecule has 11 rings (SSSR count). The van der Waals surface area contributed by atoms with Crippen LogP contribution in [0.2, 0.25) is 0 Å². The number of fused-ring (bicyclic) bond motifs is 5. The first-order valence-corrected chi connectivity index (χ1v) is 19.8. The van der Waals surface area contributed by atoms with Gasteiger partial charge in [-0.2, -0.15) is 0 Å². The molecule has 2 nitrogen and oxygen atoms in total. The summed E-state index contributed by atoms with van der Waals surface area (Å²) >= 11 is 0. The van der Waals surface area contributed by atoms with Crippen LogP contribution in [0, 0.1) is 0 Å². The topological polar surface area (TPSA) is 16.4 Å². The Labute approximate surface area is 337 Å². The molecule has 272 valence electrons. The lowest BCUT2D eigenvalue weighted by molar-refractivity contribution is 0.669. The summed E-state index contributed by atoms with van der Waals surface area (Å²) in [5, 5.41) is 7.16. The van der Waals surface area contributed by atoms with Gasteiger partial charge in [-0.15, -0.1) is 0 Å². The number of hydrogen-bond acceptors (Lipinski definition) is 2. The Morgan fingerprint density at radius 1 is 0.293 bits per heavy atom. The van der Waals surface area contributed by atoms with E-state index in [0.29, 0.717) is 0 Å². The van der Waals surface area contributed by atoms with E-state index < -0.39 is 0 Å². The summed E-state index contributed by atoms with van der Waals surface area (Å²) in [4.78, 5) is 2.44. The van der Waals surface area contributed by atoms with Crippen LogP contribution in [0.1, 0.15) is 0 Å². The third-order valence-electron chi connectivity index (χ3n) is 11.5. The molecule has 11 aromatic rings. The number of anilines is 3. The monoisotopic (exact) mass is 739 g/mol. The molecule has 0 aliphatic carbocycles. The molecule has 2 heteroatoms. The average Bonchev–Trinajstić information content (AvgIpc) is 3.67. The van der Waals surface area contributed by atoms with Gasteiger partial charge in [0.25, 0.3) is 0 Å². The Balaban J connectivity index is 1.13. The summed E-state index contributed by atoms with van der Waals surface area (Å²) in [5.41, 5.74) is 14.4. The first-order chi connectivity index (χ1) is 28.8. The Hall–Kier alpha value is -7.68. The fourth-order valence-electron chi connectivity index (χ4n) is 8.71. The molecule has 58 heavy (non-hydrogen) atoms. The van der Waals surface area contributed by atoms with E-state index in [0.717, 1.165) is 55.7 Å². The summed E-state index contributed by atoms with van der Waals surface area (Å²) < 4.78 is 6.26. The molecule has 0 saturated heterocycles. The zero-order valence-corrected chi connectivity index (χ0v) is 31.7. The first-order valence-electron chi connectivity index (χ1n) is 19.8. The van der Waals surface area contributed by atoms with Gasteiger partial charge >= 0.3 is 0 Å². The molecule has 0 fully saturated rings. The van der Waals surface area contributed by atoms with Crippen LogP contribution in [-0.4, -0.2) is 0 Å². The third kappa shape index (κ3) is 5.82. The van der Waals surface area contributed by atoms with Crippen LogP contribution in [-0.2, 0) is 0 Å². The number of benzene rings is 10. The molecule has 0 atom stereocenters. The van der Waals surface area contributed by atoms with E-state index in [-0.39, 0.29) is 0 Å². The van der Waals surface area contributed by atoms with Crippen molar-refractivity contribution in [3.05, 3.63) is 224 Å². The Morgan fingerprint density at radius 3 is 1.71 bits per heavy atom. The quantitative estimate of drug-likeness (QED) is 0.162. The van der Waals surface area contributed by atoms with Crippen LogP contribution in [0.4, 0.5) is 17.1 Å². The van der Waals surface area contributed by atoms with E-state index in [1.165, 1.54) is 49.4 Å². The van der Waals surface area contributed by atoms with Crippen molar-refractivity contribution in [3.63, 3.8) is 0 Å². The number of furan rings is 1. The summed E-state index contributed by atoms with van der Waals surface area (Å²) in [7, 11) is 0. The van der Waals surface area contributed by atoms with Crippen LogP contribution >= 0.6 is 0 Å². The Morgan fingerprint density at radius 2 is 0.879 bits per heavy atom. The lowest BCUT2D eigenvalue weighted by atomic mass is 9.90. The molecular weight excluding hydrogens is 703 g/mol. The van der Waals surface area contributed by atoms with E-state index in [1.807, 2.05) is 12.1 Å². The van der Waals surface area contributed by atoms with Gasteiger partial charge in [-0.05, 0) is 103 Å². The third-order valence-corrected chi connectivity index (χ3v) is 11.5. The van der Waals surface area contributed by atoms with E-state index >= 15 is 0 Å². The highest BCUT2D eigenvalue weighted by atomic mass is 16.3. The summed E-state index contributed by atoms with van der Waals surface area (Å²) in [6, 6.07) is 80.9. The highest BCUT2D eigenvalue weighted by Crippen LogP contribution is 2.47. The second-order valence-electron chi connectivity index (χ2n) is 14.9. The number of hydrogen-bond donors (Lipinski definition) is 0. The lowest BCUT2D eigenvalue weighted by Gasteiger charge is -2.30. The van der Waals surface area contributed by atoms with Gasteiger partial charge in [0.2, 0.25) is 0 Å². The summed E-state index contributed by atoms with van der Waals surface area (Å²) in [6.07, 6.45) is 0. The molecule has 0 aliphatic rings. The van der Waals surface area contributed by atoms with Gasteiger partial charge in [0.15, 0.2) is 0 Å². The molecular formula is C56H37NO. The number of para-hydroxylation sites is 3. The molecule has 10 aromatic carbocycles. The molecule has 0 unspecified atom stereocenters. The highest BCUT2D eigenvalue weighted by molar-refractivity contribution is 6.10. The van der Waals surface area contributed by atoms with Crippen molar-refractivity contribution in [2.75, 3.05) is 4.90 Å². The standard InChI is InChI=1S/C56H37NO/c1-2-15-40(16-3-1)47-23-12-18-41-19-13-24-50(56(41)47)48-21-7-10-26-53(48)57(45-33-30-39(31-34-45)43-29-28-38-14-4-5-17-42(38)36-43)52-25-9-6-20-46(52)44-32-35-55-51(37-44)49-22-8-11-27-54(49)58-55/h1-37H. The van der Waals surface area contributed by atoms with E-state index in [9.17, 15) is 0 Å². The largest absolute Gasteiger partial charge is 0.456 e. The molecule has 0 bridgehead atoms. The molecule has 1 aromatic heterocycles. The lowest BCUT2D eigenvalue weighted by Crippen LogP contribution is -2.12. The number of nitrogens with zero attached hydrogens (tertiary/aromatic N) is 1. The zero-order valence-electron chi connectivity index (χ0n) is 31.7. The SMILES string of the molecule is c1ccc(-c2cccc3cccc(-c4ccccc4N(c4ccc(-c5ccc6ccccc6c5)cc4)c4ccccc4-c4ccc5oc6ccccc6c5c4)c23)cc1. The normalized spacial score (nSPS) is 11.4. The van der Waals surface area contributed by atoms with E-state index in [1.54, 1.807) is 0 Å². The summed E-state index contributed by atoms with van der Waals surface area (Å²) in [6.45, 7) is 0. The van der Waals surface area contributed by atoms with Gasteiger partial charge in [0.05, 0.1) is 11.4 Å². The average molecular weight is 740 g/mol. The maximum absolute atomic E-state index is 6.26. The predicted molar refractivity (Wildman–Crippen MR) is 245 cm³/mol. The van der Waals surface area contributed by atoms with Gasteiger partial charge in [-0.3, -0.25) is 0 Å². The van der Waals surface area contributed by atoms with Crippen LogP contribution in [0.25, 0.3) is 88.0 Å². The van der Waals surface area contributed by atoms with E-state index in [4.69, 9.17) is 4.42 Å². The molecule has 1 heterocycles. The molecule has 0 saturated carbocycles. The molecule has 0 aliphatic heterocycles. The maximum atomic E-state index is 6.26. The van der Waals surface area contributed by atoms with Crippen LogP contribution < -0.4 is 4.90 Å². The van der Waals surface area contributed by atoms with Crippen LogP contribution in [0.3, 0.4) is 0 Å². The van der Waals surface area contributed by atoms with Crippen LogP contribution in [0.5, 0.6) is 0 Å². The Bertz CT molecular complexity index is 3280. The minimum Gasteiger partial charge on any atom is -0.456 e. The predicted octanol–water partition coefficient (Wildman–Crippen LogP) is 16.0. The maximum Gasteiger partial charge on any atom is 0.135 e. The van der Waals surface area contributed by atoms with Crippen molar-refractivity contribution < 1.29 is 4.42 Å². The van der Waals surface area contributed by atoms with Gasteiger partial charge in [-0.25, -0.2) is 0 Å². The van der Waals surface area contributed by atoms with Crippen molar-refractivity contribution >= 4 is 60.5 Å². The fraction of sp³-hybridized carbons (Fsp3) is 0. The van der Waals surface area contributed by atoms with Gasteiger partial charge in [-0.1, -0.05) is 176 Å².